The average molecular weight is 306 g/mol. The number of anilines is 1. The minimum absolute atomic E-state index is 0.280. The first-order valence-electron chi connectivity index (χ1n) is 6.92. The summed E-state index contributed by atoms with van der Waals surface area (Å²) in [5.74, 6) is 0. The molecule has 2 N–H and O–H groups in total. The van der Waals surface area contributed by atoms with Crippen LogP contribution < -0.4 is 5.32 Å². The van der Waals surface area contributed by atoms with Crippen LogP contribution in [0.25, 0.3) is 10.9 Å². The van der Waals surface area contributed by atoms with E-state index in [-0.39, 0.29) is 6.04 Å². The molecule has 0 saturated carbocycles. The number of fused-ring (bicyclic) bond motifs is 1. The lowest BCUT2D eigenvalue weighted by atomic mass is 10.0. The molecule has 110 valence electrons. The number of aromatic nitrogens is 1. The fraction of sp³-hybridized carbons (Fsp3) is 0.333. The van der Waals surface area contributed by atoms with Crippen LogP contribution in [0.1, 0.15) is 12.8 Å². The van der Waals surface area contributed by atoms with Crippen LogP contribution in [0.3, 0.4) is 0 Å². The van der Waals surface area contributed by atoms with Gasteiger partial charge >= 0.3 is 6.09 Å². The number of hydrogen-bond donors (Lipinski definition) is 2. The summed E-state index contributed by atoms with van der Waals surface area (Å²) in [7, 11) is 0. The van der Waals surface area contributed by atoms with Crippen molar-refractivity contribution >= 4 is 34.3 Å². The third kappa shape index (κ3) is 3.03. The van der Waals surface area contributed by atoms with Gasteiger partial charge in [-0.05, 0) is 37.1 Å². The van der Waals surface area contributed by atoms with Gasteiger partial charge in [0.05, 0.1) is 5.52 Å². The Morgan fingerprint density at radius 2 is 2.10 bits per heavy atom. The lowest BCUT2D eigenvalue weighted by molar-refractivity contribution is 0.134. The number of carboxylic acid groups (broad SMARTS) is 1. The Labute approximate surface area is 127 Å². The van der Waals surface area contributed by atoms with Gasteiger partial charge in [-0.1, -0.05) is 11.6 Å². The van der Waals surface area contributed by atoms with Gasteiger partial charge in [0.15, 0.2) is 0 Å². The van der Waals surface area contributed by atoms with Crippen molar-refractivity contribution in [2.45, 2.75) is 18.9 Å². The van der Waals surface area contributed by atoms with E-state index in [0.29, 0.717) is 18.1 Å². The van der Waals surface area contributed by atoms with Crippen molar-refractivity contribution in [3.8, 4) is 0 Å². The topological polar surface area (TPSA) is 65.5 Å². The van der Waals surface area contributed by atoms with Crippen molar-refractivity contribution in [1.29, 1.82) is 0 Å². The van der Waals surface area contributed by atoms with E-state index in [4.69, 9.17) is 16.7 Å². The first kappa shape index (κ1) is 13.9. The van der Waals surface area contributed by atoms with Crippen LogP contribution in [0.15, 0.2) is 30.5 Å². The maximum Gasteiger partial charge on any atom is 0.407 e. The standard InChI is InChI=1S/C15H16ClN3O2/c16-10-1-2-12-13(3-6-17-14(12)9-10)18-11-4-7-19(8-5-11)15(20)21/h1-3,6,9,11H,4-5,7-8H2,(H,17,18)(H,20,21). The lowest BCUT2D eigenvalue weighted by Crippen LogP contribution is -2.41. The molecule has 1 amide bonds. The van der Waals surface area contributed by atoms with Crippen LogP contribution in [-0.4, -0.2) is 40.2 Å². The maximum atomic E-state index is 10.9. The Morgan fingerprint density at radius 3 is 2.81 bits per heavy atom. The van der Waals surface area contributed by atoms with Crippen molar-refractivity contribution < 1.29 is 9.90 Å². The minimum Gasteiger partial charge on any atom is -0.465 e. The van der Waals surface area contributed by atoms with Gasteiger partial charge in [0.2, 0.25) is 0 Å². The first-order chi connectivity index (χ1) is 10.1. The van der Waals surface area contributed by atoms with E-state index in [1.54, 1.807) is 6.20 Å². The predicted octanol–water partition coefficient (Wildman–Crippen LogP) is 3.44. The van der Waals surface area contributed by atoms with Crippen molar-refractivity contribution in [3.05, 3.63) is 35.5 Å². The zero-order chi connectivity index (χ0) is 14.8. The van der Waals surface area contributed by atoms with Gasteiger partial charge in [-0.3, -0.25) is 4.98 Å². The van der Waals surface area contributed by atoms with Crippen LogP contribution in [0, 0.1) is 0 Å². The summed E-state index contributed by atoms with van der Waals surface area (Å²) in [6.07, 6.45) is 2.54. The highest BCUT2D eigenvalue weighted by molar-refractivity contribution is 6.31. The normalized spacial score (nSPS) is 16.1. The molecule has 1 aliphatic rings. The first-order valence-corrected chi connectivity index (χ1v) is 7.30. The number of pyridine rings is 1. The second-order valence-corrected chi connectivity index (χ2v) is 5.64. The molecule has 6 heteroatoms. The van der Waals surface area contributed by atoms with Crippen molar-refractivity contribution in [2.75, 3.05) is 18.4 Å². The molecule has 2 aromatic rings. The van der Waals surface area contributed by atoms with Crippen LogP contribution in [0.4, 0.5) is 10.5 Å². The SMILES string of the molecule is O=C(O)N1CCC(Nc2ccnc3cc(Cl)ccc23)CC1. The van der Waals surface area contributed by atoms with E-state index in [2.05, 4.69) is 10.3 Å². The largest absolute Gasteiger partial charge is 0.465 e. The molecule has 0 unspecified atom stereocenters. The molecule has 0 spiro atoms. The van der Waals surface area contributed by atoms with Gasteiger partial charge in [-0.15, -0.1) is 0 Å². The summed E-state index contributed by atoms with van der Waals surface area (Å²) < 4.78 is 0. The molecule has 1 fully saturated rings. The molecule has 1 saturated heterocycles. The Hall–Kier alpha value is -2.01. The molecule has 2 heterocycles. The fourth-order valence-electron chi connectivity index (χ4n) is 2.68. The fourth-order valence-corrected chi connectivity index (χ4v) is 2.85. The zero-order valence-corrected chi connectivity index (χ0v) is 12.2. The number of nitrogens with one attached hydrogen (secondary N) is 1. The smallest absolute Gasteiger partial charge is 0.407 e. The van der Waals surface area contributed by atoms with E-state index < -0.39 is 6.09 Å². The van der Waals surface area contributed by atoms with Gasteiger partial charge < -0.3 is 15.3 Å². The monoisotopic (exact) mass is 305 g/mol. The number of nitrogens with zero attached hydrogens (tertiary/aromatic N) is 2. The number of likely N-dealkylation sites (tertiary alicyclic amines) is 1. The van der Waals surface area contributed by atoms with Gasteiger partial charge in [-0.2, -0.15) is 0 Å². The molecule has 1 aliphatic heterocycles. The summed E-state index contributed by atoms with van der Waals surface area (Å²) in [5.41, 5.74) is 1.88. The molecule has 0 atom stereocenters. The highest BCUT2D eigenvalue weighted by Gasteiger charge is 2.22. The maximum absolute atomic E-state index is 10.9. The Kier molecular flexibility index (Phi) is 3.84. The molecule has 1 aromatic heterocycles. The minimum atomic E-state index is -0.836. The van der Waals surface area contributed by atoms with E-state index >= 15 is 0 Å². The van der Waals surface area contributed by atoms with Gasteiger partial charge in [0, 0.05) is 41.4 Å². The van der Waals surface area contributed by atoms with E-state index in [9.17, 15) is 4.79 Å². The number of carbonyl (C=O) groups is 1. The summed E-state index contributed by atoms with van der Waals surface area (Å²) in [6.45, 7) is 1.14. The number of rotatable bonds is 2. The molecule has 21 heavy (non-hydrogen) atoms. The highest BCUT2D eigenvalue weighted by atomic mass is 35.5. The van der Waals surface area contributed by atoms with Crippen molar-refractivity contribution in [3.63, 3.8) is 0 Å². The van der Waals surface area contributed by atoms with Gasteiger partial charge in [0.25, 0.3) is 0 Å². The average Bonchev–Trinajstić information content (AvgIpc) is 2.47. The van der Waals surface area contributed by atoms with Gasteiger partial charge in [-0.25, -0.2) is 4.79 Å². The second-order valence-electron chi connectivity index (χ2n) is 5.21. The highest BCUT2D eigenvalue weighted by Crippen LogP contribution is 2.26. The summed E-state index contributed by atoms with van der Waals surface area (Å²) in [6, 6.07) is 7.87. The van der Waals surface area contributed by atoms with Crippen LogP contribution >= 0.6 is 11.6 Å². The van der Waals surface area contributed by atoms with Crippen LogP contribution in [0.2, 0.25) is 5.02 Å². The summed E-state index contributed by atoms with van der Waals surface area (Å²) in [4.78, 5) is 16.7. The summed E-state index contributed by atoms with van der Waals surface area (Å²) in [5, 5.41) is 14.2. The number of piperidine rings is 1. The number of halogens is 1. The Bertz CT molecular complexity index is 669. The van der Waals surface area contributed by atoms with E-state index in [1.165, 1.54) is 4.90 Å². The number of hydrogen-bond acceptors (Lipinski definition) is 3. The van der Waals surface area contributed by atoms with Gasteiger partial charge in [0.1, 0.15) is 0 Å². The quantitative estimate of drug-likeness (QED) is 0.892. The molecular weight excluding hydrogens is 290 g/mol. The van der Waals surface area contributed by atoms with E-state index in [0.717, 1.165) is 29.4 Å². The third-order valence-corrected chi connectivity index (χ3v) is 4.06. The Morgan fingerprint density at radius 1 is 1.33 bits per heavy atom. The zero-order valence-electron chi connectivity index (χ0n) is 11.4. The summed E-state index contributed by atoms with van der Waals surface area (Å²) >= 11 is 5.99. The second kappa shape index (κ2) is 5.77. The molecule has 0 radical (unpaired) electrons. The predicted molar refractivity (Wildman–Crippen MR) is 83.0 cm³/mol. The molecule has 1 aromatic carbocycles. The van der Waals surface area contributed by atoms with Crippen LogP contribution in [0.5, 0.6) is 0 Å². The van der Waals surface area contributed by atoms with E-state index in [1.807, 2.05) is 24.3 Å². The lowest BCUT2D eigenvalue weighted by Gasteiger charge is -2.31. The van der Waals surface area contributed by atoms with Crippen LogP contribution in [-0.2, 0) is 0 Å². The number of amides is 1. The van der Waals surface area contributed by atoms with Crippen molar-refractivity contribution in [1.82, 2.24) is 9.88 Å². The molecule has 0 aliphatic carbocycles. The Balaban J connectivity index is 1.75. The molecule has 5 nitrogen and oxygen atoms in total. The van der Waals surface area contributed by atoms with Crippen molar-refractivity contribution in [2.24, 2.45) is 0 Å². The molecule has 0 bridgehead atoms. The third-order valence-electron chi connectivity index (χ3n) is 3.83. The number of benzene rings is 1. The molecular formula is C15H16ClN3O2. The molecule has 3 rings (SSSR count).